The lowest BCUT2D eigenvalue weighted by Crippen LogP contribution is -2.49. The van der Waals surface area contributed by atoms with E-state index in [1.165, 1.54) is 11.9 Å². The molecule has 5 rings (SSSR count). The first-order chi connectivity index (χ1) is 16.1. The SMILES string of the molecule is Cc1cc(CCN2CCN(C(=O)Cc3ccc(-n4cncn4)cc3)CC2)cc2c1C(=O)OC2. The Balaban J connectivity index is 1.10. The topological polar surface area (TPSA) is 80.6 Å². The number of hydrogen-bond acceptors (Lipinski definition) is 6. The molecule has 0 spiro atoms. The summed E-state index contributed by atoms with van der Waals surface area (Å²) >= 11 is 0. The molecule has 0 unspecified atom stereocenters. The number of hydrogen-bond donors (Lipinski definition) is 0. The molecule has 1 saturated heterocycles. The second-order valence-corrected chi connectivity index (χ2v) is 8.68. The van der Waals surface area contributed by atoms with Crippen molar-refractivity contribution in [3.8, 4) is 5.69 Å². The van der Waals surface area contributed by atoms with Gasteiger partial charge >= 0.3 is 5.97 Å². The summed E-state index contributed by atoms with van der Waals surface area (Å²) in [7, 11) is 0. The number of aryl methyl sites for hydroxylation is 1. The summed E-state index contributed by atoms with van der Waals surface area (Å²) in [5.74, 6) is -0.0388. The van der Waals surface area contributed by atoms with Crippen LogP contribution in [-0.2, 0) is 29.0 Å². The summed E-state index contributed by atoms with van der Waals surface area (Å²) in [5.41, 5.74) is 5.89. The van der Waals surface area contributed by atoms with Gasteiger partial charge in [0.25, 0.3) is 0 Å². The zero-order valence-corrected chi connectivity index (χ0v) is 18.7. The summed E-state index contributed by atoms with van der Waals surface area (Å²) in [6.07, 6.45) is 4.49. The summed E-state index contributed by atoms with van der Waals surface area (Å²) < 4.78 is 6.86. The average molecular weight is 446 g/mol. The first kappa shape index (κ1) is 21.3. The Bertz CT molecular complexity index is 1150. The van der Waals surface area contributed by atoms with Crippen molar-refractivity contribution < 1.29 is 14.3 Å². The van der Waals surface area contributed by atoms with Gasteiger partial charge in [-0.05, 0) is 42.2 Å². The molecular formula is C25H27N5O3. The van der Waals surface area contributed by atoms with Gasteiger partial charge in [0.1, 0.15) is 19.3 Å². The Morgan fingerprint density at radius 3 is 2.58 bits per heavy atom. The van der Waals surface area contributed by atoms with E-state index >= 15 is 0 Å². The molecule has 0 N–H and O–H groups in total. The molecule has 170 valence electrons. The third-order valence-corrected chi connectivity index (χ3v) is 6.46. The maximum Gasteiger partial charge on any atom is 0.339 e. The van der Waals surface area contributed by atoms with E-state index in [9.17, 15) is 9.59 Å². The Morgan fingerprint density at radius 2 is 1.85 bits per heavy atom. The maximum absolute atomic E-state index is 12.8. The van der Waals surface area contributed by atoms with Crippen molar-refractivity contribution >= 4 is 11.9 Å². The number of carbonyl (C=O) groups excluding carboxylic acids is 2. The zero-order valence-electron chi connectivity index (χ0n) is 18.7. The molecule has 2 aliphatic rings. The smallest absolute Gasteiger partial charge is 0.339 e. The van der Waals surface area contributed by atoms with E-state index in [1.54, 1.807) is 11.0 Å². The van der Waals surface area contributed by atoms with E-state index in [2.05, 4.69) is 27.1 Å². The molecule has 33 heavy (non-hydrogen) atoms. The number of ether oxygens (including phenoxy) is 1. The summed E-state index contributed by atoms with van der Waals surface area (Å²) in [5, 5.41) is 4.12. The average Bonchev–Trinajstić information content (AvgIpc) is 3.49. The number of rotatable bonds is 6. The van der Waals surface area contributed by atoms with Crippen LogP contribution in [0.2, 0.25) is 0 Å². The molecule has 2 aromatic carbocycles. The van der Waals surface area contributed by atoms with Gasteiger partial charge in [0.2, 0.25) is 5.91 Å². The van der Waals surface area contributed by atoms with E-state index in [0.29, 0.717) is 13.0 Å². The summed E-state index contributed by atoms with van der Waals surface area (Å²) in [6.45, 7) is 6.56. The fraction of sp³-hybridized carbons (Fsp3) is 0.360. The van der Waals surface area contributed by atoms with Gasteiger partial charge in [-0.25, -0.2) is 14.5 Å². The van der Waals surface area contributed by atoms with E-state index in [-0.39, 0.29) is 11.9 Å². The van der Waals surface area contributed by atoms with Crippen molar-refractivity contribution in [3.63, 3.8) is 0 Å². The molecule has 2 aliphatic heterocycles. The van der Waals surface area contributed by atoms with Crippen LogP contribution in [0.5, 0.6) is 0 Å². The molecule has 1 aromatic heterocycles. The van der Waals surface area contributed by atoms with Gasteiger partial charge in [0.15, 0.2) is 0 Å². The predicted octanol–water partition coefficient (Wildman–Crippen LogP) is 2.18. The molecule has 0 bridgehead atoms. The summed E-state index contributed by atoms with van der Waals surface area (Å²) in [6, 6.07) is 12.1. The summed E-state index contributed by atoms with van der Waals surface area (Å²) in [4.78, 5) is 32.9. The van der Waals surface area contributed by atoms with Crippen molar-refractivity contribution in [1.82, 2.24) is 24.6 Å². The van der Waals surface area contributed by atoms with Crippen LogP contribution in [0.15, 0.2) is 49.1 Å². The molecule has 0 radical (unpaired) electrons. The Morgan fingerprint density at radius 1 is 1.06 bits per heavy atom. The van der Waals surface area contributed by atoms with Crippen LogP contribution in [0, 0.1) is 6.92 Å². The van der Waals surface area contributed by atoms with Gasteiger partial charge in [-0.1, -0.05) is 24.3 Å². The molecule has 0 aliphatic carbocycles. The second-order valence-electron chi connectivity index (χ2n) is 8.68. The number of amides is 1. The quantitative estimate of drug-likeness (QED) is 0.541. The molecule has 3 aromatic rings. The number of carbonyl (C=O) groups is 2. The predicted molar refractivity (Wildman–Crippen MR) is 122 cm³/mol. The Labute approximate surface area is 192 Å². The van der Waals surface area contributed by atoms with E-state index in [0.717, 1.165) is 67.1 Å². The van der Waals surface area contributed by atoms with Crippen LogP contribution in [0.1, 0.15) is 32.6 Å². The molecular weight excluding hydrogens is 418 g/mol. The standard InChI is InChI=1S/C25H27N5O3/c1-18-12-20(13-21-15-33-25(32)24(18)21)6-7-28-8-10-29(11-9-28)23(31)14-19-2-4-22(5-3-19)30-17-26-16-27-30/h2-5,12-13,16-17H,6-11,14-15H2,1H3. The molecule has 0 atom stereocenters. The first-order valence-electron chi connectivity index (χ1n) is 11.3. The third-order valence-electron chi connectivity index (χ3n) is 6.46. The lowest BCUT2D eigenvalue weighted by molar-refractivity contribution is -0.132. The molecule has 1 amide bonds. The Hall–Kier alpha value is -3.52. The van der Waals surface area contributed by atoms with E-state index in [4.69, 9.17) is 4.74 Å². The zero-order chi connectivity index (χ0) is 22.8. The highest BCUT2D eigenvalue weighted by Crippen LogP contribution is 2.25. The van der Waals surface area contributed by atoms with Crippen LogP contribution in [0.25, 0.3) is 5.69 Å². The van der Waals surface area contributed by atoms with Gasteiger partial charge in [-0.3, -0.25) is 9.69 Å². The van der Waals surface area contributed by atoms with Crippen molar-refractivity contribution in [1.29, 1.82) is 0 Å². The van der Waals surface area contributed by atoms with E-state index in [1.807, 2.05) is 36.1 Å². The number of benzene rings is 2. The van der Waals surface area contributed by atoms with Crippen LogP contribution in [0.3, 0.4) is 0 Å². The number of aromatic nitrogens is 3. The van der Waals surface area contributed by atoms with Gasteiger partial charge in [0.05, 0.1) is 17.7 Å². The fourth-order valence-corrected chi connectivity index (χ4v) is 4.61. The number of nitrogens with zero attached hydrogens (tertiary/aromatic N) is 5. The maximum atomic E-state index is 12.8. The molecule has 3 heterocycles. The fourth-order valence-electron chi connectivity index (χ4n) is 4.61. The Kier molecular flexibility index (Phi) is 5.92. The molecule has 8 nitrogen and oxygen atoms in total. The van der Waals surface area contributed by atoms with Gasteiger partial charge in [-0.2, -0.15) is 5.10 Å². The van der Waals surface area contributed by atoms with Crippen LogP contribution < -0.4 is 0 Å². The minimum atomic E-state index is -0.207. The molecule has 1 fully saturated rings. The molecule has 0 saturated carbocycles. The second kappa shape index (κ2) is 9.15. The van der Waals surface area contributed by atoms with E-state index < -0.39 is 0 Å². The normalized spacial score (nSPS) is 16.0. The van der Waals surface area contributed by atoms with Crippen molar-refractivity contribution in [2.45, 2.75) is 26.4 Å². The number of cyclic esters (lactones) is 1. The minimum absolute atomic E-state index is 0.169. The van der Waals surface area contributed by atoms with Crippen molar-refractivity contribution in [2.75, 3.05) is 32.7 Å². The lowest BCUT2D eigenvalue weighted by atomic mass is 9.98. The van der Waals surface area contributed by atoms with Crippen molar-refractivity contribution in [3.05, 3.63) is 76.9 Å². The first-order valence-corrected chi connectivity index (χ1v) is 11.3. The van der Waals surface area contributed by atoms with Crippen LogP contribution in [0.4, 0.5) is 0 Å². The highest BCUT2D eigenvalue weighted by atomic mass is 16.5. The van der Waals surface area contributed by atoms with Crippen molar-refractivity contribution in [2.24, 2.45) is 0 Å². The molecule has 8 heteroatoms. The van der Waals surface area contributed by atoms with Gasteiger partial charge in [-0.15, -0.1) is 0 Å². The minimum Gasteiger partial charge on any atom is -0.457 e. The third kappa shape index (κ3) is 4.66. The van der Waals surface area contributed by atoms with Gasteiger partial charge in [0, 0.05) is 38.3 Å². The lowest BCUT2D eigenvalue weighted by Gasteiger charge is -2.35. The van der Waals surface area contributed by atoms with Crippen LogP contribution >= 0.6 is 0 Å². The van der Waals surface area contributed by atoms with Gasteiger partial charge < -0.3 is 9.64 Å². The highest BCUT2D eigenvalue weighted by Gasteiger charge is 2.24. The number of esters is 1. The highest BCUT2D eigenvalue weighted by molar-refractivity contribution is 5.95. The number of piperazine rings is 1. The monoisotopic (exact) mass is 445 g/mol. The van der Waals surface area contributed by atoms with Crippen LogP contribution in [-0.4, -0.2) is 69.2 Å². The largest absolute Gasteiger partial charge is 0.457 e. The number of fused-ring (bicyclic) bond motifs is 1.